The van der Waals surface area contributed by atoms with Gasteiger partial charge in [0.1, 0.15) is 5.69 Å². The molecule has 1 aromatic heterocycles. The number of hydrogen-bond acceptors (Lipinski definition) is 5. The fourth-order valence-electron chi connectivity index (χ4n) is 2.51. The minimum absolute atomic E-state index is 0.194. The molecule has 0 radical (unpaired) electrons. The summed E-state index contributed by atoms with van der Waals surface area (Å²) in [7, 11) is 0. The van der Waals surface area contributed by atoms with Crippen molar-refractivity contribution in [3.63, 3.8) is 0 Å². The lowest BCUT2D eigenvalue weighted by Crippen LogP contribution is -2.30. The summed E-state index contributed by atoms with van der Waals surface area (Å²) in [4.78, 5) is 39.5. The number of aromatic nitrogens is 1. The number of aryl methyl sites for hydroxylation is 1. The molecule has 0 spiro atoms. The first kappa shape index (κ1) is 20.5. The molecular weight excluding hydrogens is 372 g/mol. The normalized spacial score (nSPS) is 11.6. The number of aromatic amines is 1. The number of rotatable bonds is 6. The molecule has 7 nitrogen and oxygen atoms in total. The Morgan fingerprint density at radius 1 is 1.15 bits per heavy atom. The Kier molecular flexibility index (Phi) is 6.63. The van der Waals surface area contributed by atoms with E-state index in [9.17, 15) is 14.4 Å². The molecule has 2 aromatic rings. The number of carbonyl (C=O) groups is 3. The van der Waals surface area contributed by atoms with Crippen LogP contribution in [0.2, 0.25) is 5.02 Å². The first-order valence-electron chi connectivity index (χ1n) is 8.38. The molecule has 1 amide bonds. The van der Waals surface area contributed by atoms with E-state index in [1.807, 2.05) is 0 Å². The molecule has 0 aliphatic carbocycles. The van der Waals surface area contributed by atoms with E-state index in [1.165, 1.54) is 6.92 Å². The molecule has 1 atom stereocenters. The quantitative estimate of drug-likeness (QED) is 0.731. The Labute approximate surface area is 162 Å². The molecule has 1 heterocycles. The molecule has 0 unspecified atom stereocenters. The zero-order valence-corrected chi connectivity index (χ0v) is 16.3. The molecule has 8 heteroatoms. The lowest BCUT2D eigenvalue weighted by atomic mass is 10.1. The van der Waals surface area contributed by atoms with Crippen molar-refractivity contribution in [1.29, 1.82) is 0 Å². The van der Waals surface area contributed by atoms with Crippen molar-refractivity contribution < 1.29 is 23.9 Å². The topological polar surface area (TPSA) is 97.5 Å². The average Bonchev–Trinajstić information content (AvgIpc) is 2.91. The summed E-state index contributed by atoms with van der Waals surface area (Å²) in [6.07, 6.45) is -1.03. The highest BCUT2D eigenvalue weighted by molar-refractivity contribution is 6.30. The molecule has 0 saturated heterocycles. The molecule has 0 saturated carbocycles. The Bertz CT molecular complexity index is 858. The highest BCUT2D eigenvalue weighted by Gasteiger charge is 2.26. The van der Waals surface area contributed by atoms with Gasteiger partial charge in [-0.25, -0.2) is 9.59 Å². The van der Waals surface area contributed by atoms with Crippen molar-refractivity contribution in [3.05, 3.63) is 51.8 Å². The number of H-pyrrole nitrogens is 1. The maximum absolute atomic E-state index is 12.5. The van der Waals surface area contributed by atoms with Gasteiger partial charge in [0, 0.05) is 16.4 Å². The van der Waals surface area contributed by atoms with Crippen LogP contribution in [0.1, 0.15) is 46.0 Å². The third-order valence-electron chi connectivity index (χ3n) is 3.89. The number of benzene rings is 1. The largest absolute Gasteiger partial charge is 0.461 e. The predicted molar refractivity (Wildman–Crippen MR) is 101 cm³/mol. The lowest BCUT2D eigenvalue weighted by molar-refractivity contribution is -0.123. The van der Waals surface area contributed by atoms with Gasteiger partial charge in [-0.3, -0.25) is 4.79 Å². The Hall–Kier alpha value is -2.80. The molecule has 2 N–H and O–H groups in total. The van der Waals surface area contributed by atoms with Crippen LogP contribution in [0.3, 0.4) is 0 Å². The van der Waals surface area contributed by atoms with Gasteiger partial charge >= 0.3 is 11.9 Å². The standard InChI is InChI=1S/C19H21ClN2O5/c1-5-26-19(25)16-10(2)15(11(3)21-16)18(24)27-12(4)17(23)22-14-8-6-13(20)7-9-14/h6-9,12,21H,5H2,1-4H3,(H,22,23)/t12-/m1/s1. The minimum Gasteiger partial charge on any atom is -0.461 e. The van der Waals surface area contributed by atoms with Crippen LogP contribution in [0, 0.1) is 13.8 Å². The number of hydrogen-bond donors (Lipinski definition) is 2. The van der Waals surface area contributed by atoms with Gasteiger partial charge in [0.2, 0.25) is 0 Å². The zero-order valence-electron chi connectivity index (χ0n) is 15.5. The highest BCUT2D eigenvalue weighted by atomic mass is 35.5. The fraction of sp³-hybridized carbons (Fsp3) is 0.316. The maximum Gasteiger partial charge on any atom is 0.355 e. The highest BCUT2D eigenvalue weighted by Crippen LogP contribution is 2.21. The van der Waals surface area contributed by atoms with Crippen LogP contribution < -0.4 is 5.32 Å². The van der Waals surface area contributed by atoms with Gasteiger partial charge in [-0.2, -0.15) is 0 Å². The number of anilines is 1. The van der Waals surface area contributed by atoms with E-state index in [4.69, 9.17) is 21.1 Å². The van der Waals surface area contributed by atoms with E-state index in [0.29, 0.717) is 22.0 Å². The third-order valence-corrected chi connectivity index (χ3v) is 4.14. The molecule has 27 heavy (non-hydrogen) atoms. The van der Waals surface area contributed by atoms with Crippen LogP contribution in [0.4, 0.5) is 5.69 Å². The number of halogens is 1. The number of nitrogens with one attached hydrogen (secondary N) is 2. The van der Waals surface area contributed by atoms with Crippen molar-refractivity contribution in [2.24, 2.45) is 0 Å². The Morgan fingerprint density at radius 2 is 1.78 bits per heavy atom. The van der Waals surface area contributed by atoms with Crippen molar-refractivity contribution >= 4 is 35.1 Å². The first-order valence-corrected chi connectivity index (χ1v) is 8.76. The van der Waals surface area contributed by atoms with Crippen molar-refractivity contribution in [2.75, 3.05) is 11.9 Å². The second kappa shape index (κ2) is 8.73. The molecule has 2 rings (SSSR count). The van der Waals surface area contributed by atoms with Crippen LogP contribution in [0.15, 0.2) is 24.3 Å². The van der Waals surface area contributed by atoms with Gasteiger partial charge in [0.05, 0.1) is 12.2 Å². The monoisotopic (exact) mass is 392 g/mol. The van der Waals surface area contributed by atoms with E-state index in [2.05, 4.69) is 10.3 Å². The van der Waals surface area contributed by atoms with Crippen molar-refractivity contribution in [1.82, 2.24) is 4.98 Å². The van der Waals surface area contributed by atoms with Gasteiger partial charge in [-0.1, -0.05) is 11.6 Å². The summed E-state index contributed by atoms with van der Waals surface area (Å²) >= 11 is 5.80. The summed E-state index contributed by atoms with van der Waals surface area (Å²) in [5.74, 6) is -1.73. The lowest BCUT2D eigenvalue weighted by Gasteiger charge is -2.14. The van der Waals surface area contributed by atoms with Crippen LogP contribution in [0.5, 0.6) is 0 Å². The van der Waals surface area contributed by atoms with Crippen molar-refractivity contribution in [3.8, 4) is 0 Å². The second-order valence-electron chi connectivity index (χ2n) is 5.89. The van der Waals surface area contributed by atoms with Crippen molar-refractivity contribution in [2.45, 2.75) is 33.8 Å². The van der Waals surface area contributed by atoms with Gasteiger partial charge < -0.3 is 19.8 Å². The summed E-state index contributed by atoms with van der Waals surface area (Å²) in [5, 5.41) is 3.18. The molecular formula is C19H21ClN2O5. The van der Waals surface area contributed by atoms with Crippen LogP contribution >= 0.6 is 11.6 Å². The number of esters is 2. The zero-order chi connectivity index (χ0) is 20.1. The van der Waals surface area contributed by atoms with Crippen LogP contribution in [-0.4, -0.2) is 35.5 Å². The van der Waals surface area contributed by atoms with Crippen LogP contribution in [0.25, 0.3) is 0 Å². The minimum atomic E-state index is -1.03. The Balaban J connectivity index is 2.08. The molecule has 0 aliphatic rings. The van der Waals surface area contributed by atoms with Crippen LogP contribution in [-0.2, 0) is 14.3 Å². The van der Waals surface area contributed by atoms with Gasteiger partial charge in [0.15, 0.2) is 6.10 Å². The SMILES string of the molecule is CCOC(=O)c1[nH]c(C)c(C(=O)O[C@H](C)C(=O)Nc2ccc(Cl)cc2)c1C. The van der Waals surface area contributed by atoms with E-state index in [-0.39, 0.29) is 17.9 Å². The first-order chi connectivity index (χ1) is 12.7. The van der Waals surface area contributed by atoms with Gasteiger partial charge in [-0.05, 0) is 57.5 Å². The predicted octanol–water partition coefficient (Wildman–Crippen LogP) is 3.65. The molecule has 0 bridgehead atoms. The smallest absolute Gasteiger partial charge is 0.355 e. The van der Waals surface area contributed by atoms with Gasteiger partial charge in [0.25, 0.3) is 5.91 Å². The third kappa shape index (κ3) is 4.89. The molecule has 144 valence electrons. The number of carbonyl (C=O) groups excluding carboxylic acids is 3. The summed E-state index contributed by atoms with van der Waals surface area (Å²) in [5.41, 5.74) is 1.82. The van der Waals surface area contributed by atoms with Gasteiger partial charge in [-0.15, -0.1) is 0 Å². The summed E-state index contributed by atoms with van der Waals surface area (Å²) in [6, 6.07) is 6.55. The number of amides is 1. The average molecular weight is 393 g/mol. The summed E-state index contributed by atoms with van der Waals surface area (Å²) in [6.45, 7) is 6.64. The van der Waals surface area contributed by atoms with E-state index < -0.39 is 23.9 Å². The maximum atomic E-state index is 12.5. The summed E-state index contributed by atoms with van der Waals surface area (Å²) < 4.78 is 10.2. The molecule has 0 aliphatic heterocycles. The number of ether oxygens (including phenoxy) is 2. The van der Waals surface area contributed by atoms with E-state index >= 15 is 0 Å². The van der Waals surface area contributed by atoms with E-state index in [1.54, 1.807) is 45.0 Å². The second-order valence-corrected chi connectivity index (χ2v) is 6.33. The van der Waals surface area contributed by atoms with E-state index in [0.717, 1.165) is 0 Å². The fourth-order valence-corrected chi connectivity index (χ4v) is 2.64. The molecule has 1 aromatic carbocycles. The molecule has 0 fully saturated rings. The Morgan fingerprint density at radius 3 is 2.37 bits per heavy atom.